The van der Waals surface area contributed by atoms with E-state index in [-0.39, 0.29) is 0 Å². The summed E-state index contributed by atoms with van der Waals surface area (Å²) in [5, 5.41) is 1.85. The van der Waals surface area contributed by atoms with Crippen LogP contribution in [0.1, 0.15) is 22.0 Å². The monoisotopic (exact) mass is 350 g/mol. The van der Waals surface area contributed by atoms with Crippen molar-refractivity contribution in [3.8, 4) is 0 Å². The molecule has 102 valence electrons. The molecule has 0 radical (unpaired) electrons. The molecule has 0 saturated heterocycles. The lowest BCUT2D eigenvalue weighted by atomic mass is 10.0. The van der Waals surface area contributed by atoms with E-state index < -0.39 is 17.8 Å². The summed E-state index contributed by atoms with van der Waals surface area (Å²) >= 11 is 4.69. The third kappa shape index (κ3) is 3.17. The van der Waals surface area contributed by atoms with Gasteiger partial charge in [0.15, 0.2) is 0 Å². The van der Waals surface area contributed by atoms with Gasteiger partial charge in [-0.3, -0.25) is 5.84 Å². The SMILES string of the molecule is NNC(c1cccs1)c1cc(C(F)(F)F)ccc1Br. The van der Waals surface area contributed by atoms with E-state index in [4.69, 9.17) is 5.84 Å². The van der Waals surface area contributed by atoms with Crippen molar-refractivity contribution in [2.45, 2.75) is 12.2 Å². The average molecular weight is 351 g/mol. The third-order valence-electron chi connectivity index (χ3n) is 2.63. The highest BCUT2D eigenvalue weighted by molar-refractivity contribution is 9.10. The van der Waals surface area contributed by atoms with Crippen molar-refractivity contribution in [2.24, 2.45) is 5.84 Å². The molecule has 0 amide bonds. The van der Waals surface area contributed by atoms with Gasteiger partial charge in [0.2, 0.25) is 0 Å². The molecule has 2 aromatic rings. The zero-order valence-corrected chi connectivity index (χ0v) is 11.9. The van der Waals surface area contributed by atoms with E-state index in [1.165, 1.54) is 17.4 Å². The fraction of sp³-hybridized carbons (Fsp3) is 0.167. The van der Waals surface area contributed by atoms with Crippen molar-refractivity contribution in [1.82, 2.24) is 5.43 Å². The Balaban J connectivity index is 2.48. The van der Waals surface area contributed by atoms with Crippen LogP contribution in [0, 0.1) is 0 Å². The largest absolute Gasteiger partial charge is 0.416 e. The predicted molar refractivity (Wildman–Crippen MR) is 72.6 cm³/mol. The smallest absolute Gasteiger partial charge is 0.271 e. The molecule has 1 aromatic heterocycles. The molecule has 0 aliphatic carbocycles. The first-order valence-corrected chi connectivity index (χ1v) is 6.97. The van der Waals surface area contributed by atoms with Crippen LogP contribution in [0.5, 0.6) is 0 Å². The number of benzene rings is 1. The molecule has 7 heteroatoms. The number of hydrogen-bond acceptors (Lipinski definition) is 3. The van der Waals surface area contributed by atoms with Crippen LogP contribution < -0.4 is 11.3 Å². The highest BCUT2D eigenvalue weighted by Crippen LogP contribution is 2.36. The van der Waals surface area contributed by atoms with Gasteiger partial charge < -0.3 is 0 Å². The van der Waals surface area contributed by atoms with Crippen LogP contribution in [0.15, 0.2) is 40.2 Å². The molecular formula is C12H10BrF3N2S. The molecule has 2 rings (SSSR count). The number of hydrazine groups is 1. The molecule has 2 nitrogen and oxygen atoms in total. The van der Waals surface area contributed by atoms with E-state index in [2.05, 4.69) is 21.4 Å². The molecule has 0 fully saturated rings. The number of nitrogens with one attached hydrogen (secondary N) is 1. The van der Waals surface area contributed by atoms with E-state index in [0.29, 0.717) is 10.0 Å². The first kappa shape index (κ1) is 14.5. The van der Waals surface area contributed by atoms with E-state index in [1.54, 1.807) is 0 Å². The molecule has 3 N–H and O–H groups in total. The van der Waals surface area contributed by atoms with Gasteiger partial charge in [-0.25, -0.2) is 5.43 Å². The Morgan fingerprint density at radius 2 is 2.00 bits per heavy atom. The van der Waals surface area contributed by atoms with Gasteiger partial charge in [-0.15, -0.1) is 11.3 Å². The maximum atomic E-state index is 12.7. The second-order valence-electron chi connectivity index (χ2n) is 3.85. The van der Waals surface area contributed by atoms with Gasteiger partial charge in [0, 0.05) is 9.35 Å². The highest BCUT2D eigenvalue weighted by Gasteiger charge is 2.31. The van der Waals surface area contributed by atoms with Gasteiger partial charge in [-0.1, -0.05) is 22.0 Å². The van der Waals surface area contributed by atoms with Crippen LogP contribution in [0.25, 0.3) is 0 Å². The van der Waals surface area contributed by atoms with Crippen LogP contribution in [0.4, 0.5) is 13.2 Å². The van der Waals surface area contributed by atoms with E-state index >= 15 is 0 Å². The Morgan fingerprint density at radius 1 is 1.26 bits per heavy atom. The lowest BCUT2D eigenvalue weighted by Crippen LogP contribution is -2.28. The topological polar surface area (TPSA) is 38.0 Å². The van der Waals surface area contributed by atoms with Crippen LogP contribution in [-0.4, -0.2) is 0 Å². The Hall–Kier alpha value is -0.890. The normalized spacial score (nSPS) is 13.5. The maximum absolute atomic E-state index is 12.7. The van der Waals surface area contributed by atoms with Crippen molar-refractivity contribution < 1.29 is 13.2 Å². The molecule has 19 heavy (non-hydrogen) atoms. The summed E-state index contributed by atoms with van der Waals surface area (Å²) in [6.07, 6.45) is -4.37. The third-order valence-corrected chi connectivity index (χ3v) is 4.29. The van der Waals surface area contributed by atoms with E-state index in [1.807, 2.05) is 17.5 Å². The molecule has 1 aromatic carbocycles. The number of alkyl halides is 3. The minimum Gasteiger partial charge on any atom is -0.271 e. The van der Waals surface area contributed by atoms with Crippen LogP contribution in [-0.2, 0) is 6.18 Å². The standard InChI is InChI=1S/C12H10BrF3N2S/c13-9-4-3-7(12(14,15)16)6-8(9)11(18-17)10-2-1-5-19-10/h1-6,11,18H,17H2. The summed E-state index contributed by atoms with van der Waals surface area (Å²) < 4.78 is 38.8. The number of thiophene rings is 1. The number of hydrogen-bond donors (Lipinski definition) is 2. The molecule has 0 aliphatic heterocycles. The first-order valence-electron chi connectivity index (χ1n) is 5.29. The summed E-state index contributed by atoms with van der Waals surface area (Å²) in [4.78, 5) is 0.850. The van der Waals surface area contributed by atoms with Crippen molar-refractivity contribution in [1.29, 1.82) is 0 Å². The number of halogens is 4. The quantitative estimate of drug-likeness (QED) is 0.646. The predicted octanol–water partition coefficient (Wildman–Crippen LogP) is 4.08. The molecule has 0 aliphatic rings. The molecule has 1 heterocycles. The maximum Gasteiger partial charge on any atom is 0.416 e. The molecule has 0 bridgehead atoms. The minimum atomic E-state index is -4.37. The van der Waals surface area contributed by atoms with Crippen molar-refractivity contribution in [2.75, 3.05) is 0 Å². The van der Waals surface area contributed by atoms with Crippen LogP contribution >= 0.6 is 27.3 Å². The lowest BCUT2D eigenvalue weighted by Gasteiger charge is -2.18. The Bertz CT molecular complexity index is 555. The van der Waals surface area contributed by atoms with E-state index in [0.717, 1.165) is 17.0 Å². The molecular weight excluding hydrogens is 341 g/mol. The van der Waals surface area contributed by atoms with Gasteiger partial charge in [0.1, 0.15) is 0 Å². The highest BCUT2D eigenvalue weighted by atomic mass is 79.9. The number of rotatable bonds is 3. The lowest BCUT2D eigenvalue weighted by molar-refractivity contribution is -0.137. The molecule has 0 saturated carbocycles. The average Bonchev–Trinajstić information content (AvgIpc) is 2.84. The van der Waals surface area contributed by atoms with E-state index in [9.17, 15) is 13.2 Å². The summed E-state index contributed by atoms with van der Waals surface area (Å²) in [7, 11) is 0. The van der Waals surface area contributed by atoms with Gasteiger partial charge in [0.05, 0.1) is 11.6 Å². The second-order valence-corrected chi connectivity index (χ2v) is 5.68. The molecule has 1 atom stereocenters. The summed E-state index contributed by atoms with van der Waals surface area (Å²) in [5.41, 5.74) is 2.32. The van der Waals surface area contributed by atoms with Crippen molar-refractivity contribution in [3.63, 3.8) is 0 Å². The van der Waals surface area contributed by atoms with Crippen molar-refractivity contribution >= 4 is 27.3 Å². The Labute approximate surface area is 120 Å². The zero-order chi connectivity index (χ0) is 14.0. The van der Waals surface area contributed by atoms with Gasteiger partial charge in [0.25, 0.3) is 0 Å². The Kier molecular flexibility index (Phi) is 4.29. The van der Waals surface area contributed by atoms with Crippen LogP contribution in [0.2, 0.25) is 0 Å². The molecule has 0 spiro atoms. The molecule has 1 unspecified atom stereocenters. The zero-order valence-electron chi connectivity index (χ0n) is 9.54. The summed E-state index contributed by atoms with van der Waals surface area (Å²) in [6, 6.07) is 6.70. The number of nitrogens with two attached hydrogens (primary N) is 1. The van der Waals surface area contributed by atoms with Gasteiger partial charge in [-0.2, -0.15) is 13.2 Å². The Morgan fingerprint density at radius 3 is 2.53 bits per heavy atom. The van der Waals surface area contributed by atoms with Crippen molar-refractivity contribution in [3.05, 3.63) is 56.2 Å². The first-order chi connectivity index (χ1) is 8.93. The minimum absolute atomic E-state index is 0.458. The van der Waals surface area contributed by atoms with Crippen LogP contribution in [0.3, 0.4) is 0 Å². The summed E-state index contributed by atoms with van der Waals surface area (Å²) in [5.74, 6) is 5.48. The van der Waals surface area contributed by atoms with Gasteiger partial charge in [-0.05, 0) is 35.2 Å². The fourth-order valence-corrected chi connectivity index (χ4v) is 3.00. The van der Waals surface area contributed by atoms with Gasteiger partial charge >= 0.3 is 6.18 Å². The summed E-state index contributed by atoms with van der Waals surface area (Å²) in [6.45, 7) is 0. The fourth-order valence-electron chi connectivity index (χ4n) is 1.72. The second kappa shape index (κ2) is 5.62.